The van der Waals surface area contributed by atoms with E-state index in [0.717, 1.165) is 45.1 Å². The third-order valence-electron chi connectivity index (χ3n) is 5.56. The number of halogens is 2. The fraction of sp³-hybridized carbons (Fsp3) is 0.208. The number of rotatable bonds is 6. The molecule has 0 aliphatic heterocycles. The van der Waals surface area contributed by atoms with Crippen molar-refractivity contribution in [3.05, 3.63) is 81.6 Å². The maximum Gasteiger partial charge on any atom is 0.325 e. The minimum Gasteiger partial charge on any atom is -0.334 e. The van der Waals surface area contributed by atoms with E-state index in [1.54, 1.807) is 17.4 Å². The lowest BCUT2D eigenvalue weighted by Gasteiger charge is -2.18. The van der Waals surface area contributed by atoms with Crippen LogP contribution in [0.4, 0.5) is 4.79 Å². The number of allylic oxidation sites excluding steroid dienone is 1. The van der Waals surface area contributed by atoms with Gasteiger partial charge in [-0.3, -0.25) is 9.40 Å². The maximum atomic E-state index is 12.3. The number of aryl methyl sites for hydroxylation is 1. The number of benzene rings is 2. The molecule has 0 saturated carbocycles. The Morgan fingerprint density at radius 3 is 2.94 bits per heavy atom. The Labute approximate surface area is 215 Å². The van der Waals surface area contributed by atoms with Gasteiger partial charge in [0, 0.05) is 28.5 Å². The quantitative estimate of drug-likeness (QED) is 0.277. The normalized spacial score (nSPS) is 14.4. The molecule has 2 aromatic heterocycles. The lowest BCUT2D eigenvalue weighted by molar-refractivity contribution is 0.247. The Balaban J connectivity index is 1.22. The summed E-state index contributed by atoms with van der Waals surface area (Å²) in [5.74, 6) is 0. The van der Waals surface area contributed by atoms with Crippen molar-refractivity contribution in [1.29, 1.82) is 0 Å². The molecule has 0 bridgehead atoms. The summed E-state index contributed by atoms with van der Waals surface area (Å²) in [4.78, 5) is 16.8. The van der Waals surface area contributed by atoms with Gasteiger partial charge in [0.05, 0.1) is 28.7 Å². The van der Waals surface area contributed by atoms with Crippen molar-refractivity contribution in [3.63, 3.8) is 0 Å². The number of hydrogen-bond donors (Lipinski definition) is 2. The number of hydrogen-bond acceptors (Lipinski definition) is 5. The van der Waals surface area contributed by atoms with Gasteiger partial charge >= 0.3 is 6.03 Å². The number of thiazole rings is 1. The highest BCUT2D eigenvalue weighted by Gasteiger charge is 2.20. The molecule has 2 N–H and O–H groups in total. The van der Waals surface area contributed by atoms with E-state index in [0.29, 0.717) is 23.1 Å². The summed E-state index contributed by atoms with van der Waals surface area (Å²) < 4.78 is 6.69. The average Bonchev–Trinajstić information content (AvgIpc) is 3.44. The van der Waals surface area contributed by atoms with Crippen molar-refractivity contribution >= 4 is 68.3 Å². The summed E-state index contributed by atoms with van der Waals surface area (Å²) in [5, 5.41) is 8.75. The first-order valence-corrected chi connectivity index (χ1v) is 13.2. The van der Waals surface area contributed by atoms with Gasteiger partial charge in [-0.15, -0.1) is 11.3 Å². The number of carbonyl (C=O) groups is 1. The molecule has 1 aliphatic carbocycles. The first-order valence-electron chi connectivity index (χ1n) is 10.8. The minimum absolute atomic E-state index is 0.251. The van der Waals surface area contributed by atoms with E-state index < -0.39 is 0 Å². The molecule has 2 amide bonds. The first kappa shape index (κ1) is 23.2. The minimum atomic E-state index is -0.251. The molecule has 34 heavy (non-hydrogen) atoms. The summed E-state index contributed by atoms with van der Waals surface area (Å²) in [7, 11) is 0. The monoisotopic (exact) mass is 529 g/mol. The fourth-order valence-electron chi connectivity index (χ4n) is 3.98. The van der Waals surface area contributed by atoms with Gasteiger partial charge in [0.25, 0.3) is 0 Å². The van der Waals surface area contributed by atoms with E-state index in [2.05, 4.69) is 26.2 Å². The highest BCUT2D eigenvalue weighted by Crippen LogP contribution is 2.32. The topological polar surface area (TPSA) is 71.8 Å². The number of urea groups is 1. The van der Waals surface area contributed by atoms with Crippen LogP contribution in [0.1, 0.15) is 29.7 Å². The van der Waals surface area contributed by atoms with Crippen molar-refractivity contribution in [2.75, 3.05) is 6.54 Å². The summed E-state index contributed by atoms with van der Waals surface area (Å²) in [6.07, 6.45) is 7.00. The highest BCUT2D eigenvalue weighted by molar-refractivity contribution is 7.99. The van der Waals surface area contributed by atoms with E-state index in [1.807, 2.05) is 47.3 Å². The number of fused-ring (bicyclic) bond motifs is 2. The Kier molecular flexibility index (Phi) is 7.10. The van der Waals surface area contributed by atoms with Crippen LogP contribution in [0.25, 0.3) is 15.8 Å². The predicted octanol–water partition coefficient (Wildman–Crippen LogP) is 6.57. The van der Waals surface area contributed by atoms with Crippen molar-refractivity contribution in [1.82, 2.24) is 24.8 Å². The van der Waals surface area contributed by atoms with Gasteiger partial charge in [0.2, 0.25) is 0 Å². The lowest BCUT2D eigenvalue weighted by Crippen LogP contribution is -2.31. The van der Waals surface area contributed by atoms with Crippen LogP contribution in [0.5, 0.6) is 0 Å². The number of nitrogens with zero attached hydrogens (tertiary/aromatic N) is 3. The van der Waals surface area contributed by atoms with Crippen LogP contribution >= 0.6 is 46.5 Å². The van der Waals surface area contributed by atoms with Crippen molar-refractivity contribution < 1.29 is 4.79 Å². The zero-order valence-electron chi connectivity index (χ0n) is 18.1. The molecule has 0 fully saturated rings. The highest BCUT2D eigenvalue weighted by atomic mass is 35.5. The number of aromatic nitrogens is 3. The number of amides is 2. The average molecular weight is 531 g/mol. The number of para-hydroxylation sites is 1. The molecule has 0 atom stereocenters. The predicted molar refractivity (Wildman–Crippen MR) is 141 cm³/mol. The Hall–Kier alpha value is -2.52. The second-order valence-electron chi connectivity index (χ2n) is 7.86. The van der Waals surface area contributed by atoms with Crippen LogP contribution in [0.2, 0.25) is 10.0 Å². The van der Waals surface area contributed by atoms with Crippen LogP contribution in [-0.4, -0.2) is 27.3 Å². The molecular weight excluding hydrogens is 509 g/mol. The third kappa shape index (κ3) is 5.25. The molecular formula is C24H21Cl2N5OS2. The SMILES string of the molecule is O=C(NC/C=C1\CCCc2cnn(Cc3ccc(Cl)cc3Cl)c21)NSc1nc2ccccc2s1. The van der Waals surface area contributed by atoms with E-state index in [9.17, 15) is 4.79 Å². The van der Waals surface area contributed by atoms with Gasteiger partial charge in [-0.2, -0.15) is 5.10 Å². The fourth-order valence-corrected chi connectivity index (χ4v) is 6.11. The smallest absolute Gasteiger partial charge is 0.325 e. The van der Waals surface area contributed by atoms with E-state index in [4.69, 9.17) is 23.2 Å². The first-order chi connectivity index (χ1) is 16.6. The summed E-state index contributed by atoms with van der Waals surface area (Å²) in [5.41, 5.74) is 5.42. The van der Waals surface area contributed by atoms with E-state index >= 15 is 0 Å². The number of nitrogens with one attached hydrogen (secondary N) is 2. The molecule has 4 aromatic rings. The van der Waals surface area contributed by atoms with Crippen LogP contribution < -0.4 is 10.0 Å². The molecule has 6 nitrogen and oxygen atoms in total. The van der Waals surface area contributed by atoms with Gasteiger partial charge in [-0.25, -0.2) is 9.78 Å². The lowest BCUT2D eigenvalue weighted by atomic mass is 9.92. The van der Waals surface area contributed by atoms with Crippen LogP contribution in [0.15, 0.2) is 59.1 Å². The largest absolute Gasteiger partial charge is 0.334 e. The van der Waals surface area contributed by atoms with Crippen molar-refractivity contribution in [2.45, 2.75) is 30.1 Å². The van der Waals surface area contributed by atoms with Crippen molar-refractivity contribution in [3.8, 4) is 0 Å². The molecule has 2 heterocycles. The summed E-state index contributed by atoms with van der Waals surface area (Å²) in [6.45, 7) is 0.989. The second kappa shape index (κ2) is 10.4. The van der Waals surface area contributed by atoms with Gasteiger partial charge in [-0.05, 0) is 60.2 Å². The molecule has 5 rings (SSSR count). The van der Waals surface area contributed by atoms with E-state index in [-0.39, 0.29) is 6.03 Å². The van der Waals surface area contributed by atoms with E-state index in [1.165, 1.54) is 23.1 Å². The van der Waals surface area contributed by atoms with Crippen molar-refractivity contribution in [2.24, 2.45) is 0 Å². The van der Waals surface area contributed by atoms with Gasteiger partial charge < -0.3 is 5.32 Å². The Morgan fingerprint density at radius 2 is 2.09 bits per heavy atom. The number of carbonyl (C=O) groups excluding carboxylic acids is 1. The molecule has 174 valence electrons. The van der Waals surface area contributed by atoms with Crippen LogP contribution in [0.3, 0.4) is 0 Å². The zero-order valence-corrected chi connectivity index (χ0v) is 21.2. The van der Waals surface area contributed by atoms with Gasteiger partial charge in [0.1, 0.15) is 0 Å². The van der Waals surface area contributed by atoms with Gasteiger partial charge in [0.15, 0.2) is 4.34 Å². The third-order valence-corrected chi connectivity index (χ3v) is 8.03. The van der Waals surface area contributed by atoms with Crippen LogP contribution in [-0.2, 0) is 13.0 Å². The molecule has 0 saturated heterocycles. The van der Waals surface area contributed by atoms with Gasteiger partial charge in [-0.1, -0.05) is 47.5 Å². The Morgan fingerprint density at radius 1 is 1.21 bits per heavy atom. The standard InChI is InChI=1S/C24H21Cl2N5OS2/c25-18-9-8-17(19(26)12-18)14-31-22-15(4-3-5-16(22)13-28-31)10-11-27-23(32)30-34-24-29-20-6-1-2-7-21(20)33-24/h1-2,6-10,12-13H,3-5,11,14H2,(H2,27,30,32)/b15-10+. The Bertz CT molecular complexity index is 1350. The second-order valence-corrected chi connectivity index (χ2v) is 10.8. The summed E-state index contributed by atoms with van der Waals surface area (Å²) in [6, 6.07) is 13.2. The molecule has 10 heteroatoms. The molecule has 0 radical (unpaired) electrons. The molecule has 0 spiro atoms. The maximum absolute atomic E-state index is 12.3. The molecule has 2 aromatic carbocycles. The molecule has 0 unspecified atom stereocenters. The summed E-state index contributed by atoms with van der Waals surface area (Å²) >= 11 is 15.2. The zero-order chi connectivity index (χ0) is 23.5. The van der Waals surface area contributed by atoms with Crippen LogP contribution in [0, 0.1) is 0 Å². The molecule has 1 aliphatic rings.